The first-order valence-electron chi connectivity index (χ1n) is 17.4. The smallest absolute Gasteiger partial charge is 0.323 e. The fourth-order valence-corrected chi connectivity index (χ4v) is 7.61. The van der Waals surface area contributed by atoms with Crippen LogP contribution in [0.3, 0.4) is 0 Å². The lowest BCUT2D eigenvalue weighted by molar-refractivity contribution is 0.00746. The monoisotopic (exact) mass is 660 g/mol. The molecule has 254 valence electrons. The molecule has 0 atom stereocenters. The number of hydrogen-bond acceptors (Lipinski definition) is 9. The molecule has 5 heterocycles. The molecule has 0 radical (unpaired) electrons. The number of nitriles is 1. The maximum atomic E-state index is 13.8. The maximum absolute atomic E-state index is 13.8. The van der Waals surface area contributed by atoms with Gasteiger partial charge in [0.2, 0.25) is 5.95 Å². The highest BCUT2D eigenvalue weighted by Gasteiger charge is 2.38. The number of piperidine rings is 1. The van der Waals surface area contributed by atoms with Gasteiger partial charge < -0.3 is 20.3 Å². The summed E-state index contributed by atoms with van der Waals surface area (Å²) in [4.78, 5) is 32.1. The third-order valence-electron chi connectivity index (χ3n) is 10.3. The van der Waals surface area contributed by atoms with E-state index in [1.54, 1.807) is 10.9 Å². The van der Waals surface area contributed by atoms with Gasteiger partial charge in [-0.1, -0.05) is 30.3 Å². The van der Waals surface area contributed by atoms with E-state index in [0.29, 0.717) is 23.9 Å². The molecule has 1 saturated carbocycles. The van der Waals surface area contributed by atoms with Crippen molar-refractivity contribution < 1.29 is 9.53 Å². The van der Waals surface area contributed by atoms with E-state index in [0.717, 1.165) is 93.8 Å². The summed E-state index contributed by atoms with van der Waals surface area (Å²) >= 11 is 0. The van der Waals surface area contributed by atoms with E-state index in [1.165, 1.54) is 6.42 Å². The summed E-state index contributed by atoms with van der Waals surface area (Å²) in [6.45, 7) is 3.82. The second kappa shape index (κ2) is 14.6. The SMILES string of the molecule is Cn1cc(-c2ccc(N(C(=O)NCc3ccccc3)C3CCC(Nc4ncc(C#N)c(N5CCCC6(CCOCC6)C5)n4)CC3)nc2)cn1. The summed E-state index contributed by atoms with van der Waals surface area (Å²) in [7, 11) is 1.89. The van der Waals surface area contributed by atoms with Crippen LogP contribution < -0.4 is 20.4 Å². The first-order chi connectivity index (χ1) is 24.0. The van der Waals surface area contributed by atoms with E-state index >= 15 is 0 Å². The Morgan fingerprint density at radius 3 is 2.55 bits per heavy atom. The lowest BCUT2D eigenvalue weighted by Crippen LogP contribution is -2.49. The van der Waals surface area contributed by atoms with E-state index in [9.17, 15) is 10.1 Å². The van der Waals surface area contributed by atoms with Crippen LogP contribution in [0.1, 0.15) is 62.5 Å². The normalized spacial score (nSPS) is 20.4. The minimum absolute atomic E-state index is 0.0213. The molecule has 2 saturated heterocycles. The van der Waals surface area contributed by atoms with Gasteiger partial charge in [0, 0.05) is 75.5 Å². The molecule has 0 unspecified atom stereocenters. The molecule has 1 aromatic carbocycles. The predicted octanol–water partition coefficient (Wildman–Crippen LogP) is 5.68. The number of pyridine rings is 1. The first kappa shape index (κ1) is 32.5. The van der Waals surface area contributed by atoms with Crippen molar-refractivity contribution in [3.63, 3.8) is 0 Å². The first-order valence-corrected chi connectivity index (χ1v) is 17.4. The molecule has 3 aliphatic rings. The van der Waals surface area contributed by atoms with Crippen molar-refractivity contribution in [3.8, 4) is 17.2 Å². The molecule has 7 rings (SSSR count). The van der Waals surface area contributed by atoms with Crippen LogP contribution in [0.5, 0.6) is 0 Å². The minimum atomic E-state index is -0.161. The molecular formula is C37H44N10O2. The predicted molar refractivity (Wildman–Crippen MR) is 188 cm³/mol. The van der Waals surface area contributed by atoms with Gasteiger partial charge in [-0.3, -0.25) is 9.58 Å². The quantitative estimate of drug-likeness (QED) is 0.245. The molecule has 4 aromatic rings. The molecule has 49 heavy (non-hydrogen) atoms. The summed E-state index contributed by atoms with van der Waals surface area (Å²) in [6.07, 6.45) is 14.9. The van der Waals surface area contributed by atoms with Gasteiger partial charge in [-0.2, -0.15) is 15.3 Å². The summed E-state index contributed by atoms with van der Waals surface area (Å²) in [6, 6.07) is 16.1. The van der Waals surface area contributed by atoms with Crippen LogP contribution >= 0.6 is 0 Å². The van der Waals surface area contributed by atoms with Crippen molar-refractivity contribution in [1.29, 1.82) is 5.26 Å². The van der Waals surface area contributed by atoms with Gasteiger partial charge in [0.15, 0.2) is 5.82 Å². The molecule has 2 amide bonds. The number of aromatic nitrogens is 5. The second-order valence-electron chi connectivity index (χ2n) is 13.7. The summed E-state index contributed by atoms with van der Waals surface area (Å²) in [5.41, 5.74) is 3.71. The van der Waals surface area contributed by atoms with Crippen molar-refractivity contribution >= 4 is 23.6 Å². The summed E-state index contributed by atoms with van der Waals surface area (Å²) in [5, 5.41) is 20.9. The average molecular weight is 661 g/mol. The van der Waals surface area contributed by atoms with E-state index in [1.807, 2.05) is 73.0 Å². The van der Waals surface area contributed by atoms with Gasteiger partial charge in [0.05, 0.1) is 12.4 Å². The largest absolute Gasteiger partial charge is 0.381 e. The molecule has 1 aliphatic carbocycles. The van der Waals surface area contributed by atoms with Crippen molar-refractivity contribution in [3.05, 3.63) is 78.4 Å². The van der Waals surface area contributed by atoms with Gasteiger partial charge >= 0.3 is 6.03 Å². The number of amides is 2. The standard InChI is InChI=1S/C37H44N10O2/c1-45-25-30(24-42-45)28-8-13-33(39-22-28)47(36(48)41-21-27-6-3-2-4-7-27)32-11-9-31(10-12-32)43-35-40-23-29(20-38)34(44-35)46-17-5-14-37(26-46)15-18-49-19-16-37/h2-4,6-8,13,22-25,31-32H,5,9-12,14-19,21,26H2,1H3,(H,41,48)(H,40,43,44). The summed E-state index contributed by atoms with van der Waals surface area (Å²) in [5.74, 6) is 1.90. The number of ether oxygens (including phenoxy) is 1. The van der Waals surface area contributed by atoms with Crippen molar-refractivity contribution in [1.82, 2.24) is 30.0 Å². The van der Waals surface area contributed by atoms with Gasteiger partial charge in [-0.15, -0.1) is 0 Å². The Kier molecular flexibility index (Phi) is 9.70. The molecule has 3 aromatic heterocycles. The molecule has 12 nitrogen and oxygen atoms in total. The number of carbonyl (C=O) groups is 1. The topological polar surface area (TPSA) is 137 Å². The van der Waals surface area contributed by atoms with E-state index in [-0.39, 0.29) is 23.5 Å². The lowest BCUT2D eigenvalue weighted by Gasteiger charge is -2.45. The number of nitrogens with zero attached hydrogens (tertiary/aromatic N) is 8. The molecule has 12 heteroatoms. The highest BCUT2D eigenvalue weighted by atomic mass is 16.5. The molecule has 2 N–H and O–H groups in total. The number of rotatable bonds is 8. The molecule has 3 fully saturated rings. The van der Waals surface area contributed by atoms with Gasteiger partial charge in [0.1, 0.15) is 17.5 Å². The Labute approximate surface area is 287 Å². The lowest BCUT2D eigenvalue weighted by atomic mass is 9.74. The van der Waals surface area contributed by atoms with Crippen LogP contribution in [0.25, 0.3) is 11.1 Å². The van der Waals surface area contributed by atoms with E-state index in [2.05, 4.69) is 31.7 Å². The Bertz CT molecular complexity index is 1750. The maximum Gasteiger partial charge on any atom is 0.323 e. The van der Waals surface area contributed by atoms with E-state index in [4.69, 9.17) is 14.7 Å². The minimum Gasteiger partial charge on any atom is -0.381 e. The number of aryl methyl sites for hydroxylation is 1. The zero-order valence-corrected chi connectivity index (χ0v) is 28.1. The number of nitrogens with one attached hydrogen (secondary N) is 2. The number of hydrogen-bond donors (Lipinski definition) is 2. The number of carbonyl (C=O) groups excluding carboxylic acids is 1. The zero-order chi connectivity index (χ0) is 33.6. The number of anilines is 3. The van der Waals surface area contributed by atoms with Crippen molar-refractivity contribution in [2.24, 2.45) is 12.5 Å². The van der Waals surface area contributed by atoms with Crippen LogP contribution in [0, 0.1) is 16.7 Å². The Hall–Kier alpha value is -5.02. The second-order valence-corrected chi connectivity index (χ2v) is 13.7. The third kappa shape index (κ3) is 7.52. The highest BCUT2D eigenvalue weighted by Crippen LogP contribution is 2.41. The van der Waals surface area contributed by atoms with Gasteiger partial charge in [-0.05, 0) is 74.5 Å². The fourth-order valence-electron chi connectivity index (χ4n) is 7.61. The Morgan fingerprint density at radius 2 is 1.84 bits per heavy atom. The third-order valence-corrected chi connectivity index (χ3v) is 10.3. The van der Waals surface area contributed by atoms with Crippen LogP contribution in [-0.2, 0) is 18.3 Å². The van der Waals surface area contributed by atoms with Crippen LogP contribution in [0.4, 0.5) is 22.4 Å². The van der Waals surface area contributed by atoms with Crippen LogP contribution in [0.2, 0.25) is 0 Å². The molecule has 1 spiro atoms. The average Bonchev–Trinajstić information content (AvgIpc) is 3.58. The Balaban J connectivity index is 1.04. The number of urea groups is 1. The molecule has 0 bridgehead atoms. The van der Waals surface area contributed by atoms with Crippen molar-refractivity contribution in [2.75, 3.05) is 41.4 Å². The van der Waals surface area contributed by atoms with Crippen molar-refractivity contribution in [2.45, 2.75) is 70.0 Å². The fraction of sp³-hybridized carbons (Fsp3) is 0.459. The van der Waals surface area contributed by atoms with Gasteiger partial charge in [-0.25, -0.2) is 14.8 Å². The summed E-state index contributed by atoms with van der Waals surface area (Å²) < 4.78 is 7.42. The number of benzene rings is 1. The van der Waals surface area contributed by atoms with Crippen LogP contribution in [-0.4, -0.2) is 69.2 Å². The zero-order valence-electron chi connectivity index (χ0n) is 28.1. The van der Waals surface area contributed by atoms with Gasteiger partial charge in [0.25, 0.3) is 0 Å². The molecule has 2 aliphatic heterocycles. The Morgan fingerprint density at radius 1 is 1.02 bits per heavy atom. The van der Waals surface area contributed by atoms with E-state index < -0.39 is 0 Å². The molecular weight excluding hydrogens is 616 g/mol. The van der Waals surface area contributed by atoms with Crippen LogP contribution in [0.15, 0.2) is 67.3 Å². The highest BCUT2D eigenvalue weighted by molar-refractivity contribution is 5.91.